The first kappa shape index (κ1) is 12.3. The van der Waals surface area contributed by atoms with Crippen LogP contribution in [0.1, 0.15) is 64.2 Å². The Balaban J connectivity index is 1.35. The molecule has 0 heterocycles. The van der Waals surface area contributed by atoms with E-state index in [4.69, 9.17) is 0 Å². The normalized spacial score (nSPS) is 54.1. The van der Waals surface area contributed by atoms with Gasteiger partial charge in [0.15, 0.2) is 0 Å². The molecule has 0 aliphatic heterocycles. The average molecular weight is 270 g/mol. The smallest absolute Gasteiger partial charge is 0.0194 e. The number of rotatable bonds is 1. The Morgan fingerprint density at radius 2 is 1.20 bits per heavy atom. The van der Waals surface area contributed by atoms with Gasteiger partial charge in [-0.05, 0) is 66.6 Å². The fourth-order valence-corrected chi connectivity index (χ4v) is 7.53. The van der Waals surface area contributed by atoms with Crippen molar-refractivity contribution in [2.45, 2.75) is 64.2 Å². The van der Waals surface area contributed by atoms with Gasteiger partial charge in [0, 0.05) is 0 Å². The molecule has 5 aliphatic carbocycles. The summed E-state index contributed by atoms with van der Waals surface area (Å²) in [5.74, 6) is 8.85. The second kappa shape index (κ2) is 4.62. The monoisotopic (exact) mass is 270 g/mol. The molecule has 0 nitrogen and oxygen atoms in total. The van der Waals surface area contributed by atoms with Gasteiger partial charge in [-0.1, -0.05) is 57.1 Å². The van der Waals surface area contributed by atoms with E-state index in [1.807, 2.05) is 0 Å². The van der Waals surface area contributed by atoms with Gasteiger partial charge in [0.05, 0.1) is 0 Å². The van der Waals surface area contributed by atoms with E-state index in [9.17, 15) is 0 Å². The van der Waals surface area contributed by atoms with Crippen LogP contribution in [0.25, 0.3) is 0 Å². The largest absolute Gasteiger partial charge is 0.0848 e. The number of hydrogen-bond donors (Lipinski definition) is 0. The highest BCUT2D eigenvalue weighted by molar-refractivity contribution is 5.20. The average Bonchev–Trinajstić information content (AvgIpc) is 3.17. The van der Waals surface area contributed by atoms with Crippen molar-refractivity contribution in [1.82, 2.24) is 0 Å². The fourth-order valence-electron chi connectivity index (χ4n) is 7.53. The molecule has 0 spiro atoms. The quantitative estimate of drug-likeness (QED) is 0.439. The third-order valence-corrected chi connectivity index (χ3v) is 8.08. The van der Waals surface area contributed by atoms with E-state index >= 15 is 0 Å². The van der Waals surface area contributed by atoms with Crippen molar-refractivity contribution in [3.63, 3.8) is 0 Å². The van der Waals surface area contributed by atoms with E-state index in [1.54, 1.807) is 44.9 Å². The second-order valence-electron chi connectivity index (χ2n) is 8.77. The molecule has 5 aliphatic rings. The molecule has 0 heteroatoms. The molecular weight excluding hydrogens is 240 g/mol. The predicted octanol–water partition coefficient (Wildman–Crippen LogP) is 5.44. The maximum atomic E-state index is 2.61. The highest BCUT2D eigenvalue weighted by Gasteiger charge is 2.61. The Morgan fingerprint density at radius 3 is 2.00 bits per heavy atom. The first-order chi connectivity index (χ1) is 9.92. The summed E-state index contributed by atoms with van der Waals surface area (Å²) in [6.45, 7) is 0. The van der Waals surface area contributed by atoms with Gasteiger partial charge < -0.3 is 0 Å². The molecule has 5 rings (SSSR count). The molecule has 0 saturated heterocycles. The maximum absolute atomic E-state index is 2.61. The first-order valence-corrected chi connectivity index (χ1v) is 9.60. The predicted molar refractivity (Wildman–Crippen MR) is 83.2 cm³/mol. The molecular formula is C20H30. The minimum absolute atomic E-state index is 1.01. The van der Waals surface area contributed by atoms with E-state index in [0.717, 1.165) is 47.3 Å². The van der Waals surface area contributed by atoms with E-state index in [0.29, 0.717) is 0 Å². The summed E-state index contributed by atoms with van der Waals surface area (Å²) in [4.78, 5) is 0. The molecule has 20 heavy (non-hydrogen) atoms. The lowest BCUT2D eigenvalue weighted by atomic mass is 9.64. The van der Waals surface area contributed by atoms with Crippen molar-refractivity contribution < 1.29 is 0 Å². The van der Waals surface area contributed by atoms with Gasteiger partial charge in [-0.25, -0.2) is 0 Å². The van der Waals surface area contributed by atoms with Crippen molar-refractivity contribution in [2.24, 2.45) is 47.3 Å². The minimum atomic E-state index is 1.01. The van der Waals surface area contributed by atoms with Crippen LogP contribution >= 0.6 is 0 Å². The molecule has 0 aromatic rings. The highest BCUT2D eigenvalue weighted by atomic mass is 14.7. The minimum Gasteiger partial charge on any atom is -0.0848 e. The fraction of sp³-hybridized carbons (Fsp3) is 0.900. The Labute approximate surface area is 124 Å². The molecule has 0 aromatic carbocycles. The molecule has 0 N–H and O–H groups in total. The van der Waals surface area contributed by atoms with Gasteiger partial charge in [0.1, 0.15) is 0 Å². The summed E-state index contributed by atoms with van der Waals surface area (Å²) in [6.07, 6.45) is 20.8. The van der Waals surface area contributed by atoms with Gasteiger partial charge in [-0.3, -0.25) is 0 Å². The lowest BCUT2D eigenvalue weighted by Gasteiger charge is -2.40. The molecule has 4 saturated carbocycles. The third kappa shape index (κ3) is 1.66. The Hall–Kier alpha value is -0.260. The summed E-state index contributed by atoms with van der Waals surface area (Å²) in [5, 5.41) is 0. The van der Waals surface area contributed by atoms with Crippen LogP contribution in [-0.4, -0.2) is 0 Å². The molecule has 4 bridgehead atoms. The van der Waals surface area contributed by atoms with Gasteiger partial charge in [0.25, 0.3) is 0 Å². The molecule has 7 unspecified atom stereocenters. The number of fused-ring (bicyclic) bond motifs is 9. The second-order valence-corrected chi connectivity index (χ2v) is 8.77. The van der Waals surface area contributed by atoms with E-state index in [1.165, 1.54) is 19.3 Å². The van der Waals surface area contributed by atoms with Crippen LogP contribution in [0.3, 0.4) is 0 Å². The molecule has 4 fully saturated rings. The van der Waals surface area contributed by atoms with Crippen molar-refractivity contribution in [3.8, 4) is 0 Å². The highest BCUT2D eigenvalue weighted by Crippen LogP contribution is 2.68. The van der Waals surface area contributed by atoms with Gasteiger partial charge >= 0.3 is 0 Å². The topological polar surface area (TPSA) is 0 Å². The van der Waals surface area contributed by atoms with Crippen molar-refractivity contribution in [3.05, 3.63) is 12.2 Å². The Kier molecular flexibility index (Phi) is 2.84. The summed E-state index contributed by atoms with van der Waals surface area (Å²) in [6, 6.07) is 0. The Bertz CT molecular complexity index is 400. The van der Waals surface area contributed by atoms with E-state index in [2.05, 4.69) is 12.2 Å². The van der Waals surface area contributed by atoms with Gasteiger partial charge in [-0.15, -0.1) is 0 Å². The summed E-state index contributed by atoms with van der Waals surface area (Å²) in [5.41, 5.74) is 0. The molecule has 110 valence electrons. The van der Waals surface area contributed by atoms with E-state index in [-0.39, 0.29) is 0 Å². The van der Waals surface area contributed by atoms with Crippen molar-refractivity contribution in [2.75, 3.05) is 0 Å². The zero-order valence-corrected chi connectivity index (χ0v) is 12.8. The SMILES string of the molecule is C1=CC2CC1C1C3CC(C4CCCCCCC4)C(C3)C21. The zero-order chi connectivity index (χ0) is 13.1. The van der Waals surface area contributed by atoms with Crippen LogP contribution in [0.2, 0.25) is 0 Å². The van der Waals surface area contributed by atoms with Crippen LogP contribution in [0, 0.1) is 47.3 Å². The molecule has 0 radical (unpaired) electrons. The van der Waals surface area contributed by atoms with Crippen LogP contribution in [0.4, 0.5) is 0 Å². The van der Waals surface area contributed by atoms with Gasteiger partial charge in [0.2, 0.25) is 0 Å². The van der Waals surface area contributed by atoms with Crippen LogP contribution in [0.5, 0.6) is 0 Å². The number of hydrogen-bond acceptors (Lipinski definition) is 0. The van der Waals surface area contributed by atoms with Gasteiger partial charge in [-0.2, -0.15) is 0 Å². The molecule has 7 atom stereocenters. The number of allylic oxidation sites excluding steroid dienone is 2. The molecule has 0 amide bonds. The summed E-state index contributed by atoms with van der Waals surface area (Å²) in [7, 11) is 0. The summed E-state index contributed by atoms with van der Waals surface area (Å²) >= 11 is 0. The summed E-state index contributed by atoms with van der Waals surface area (Å²) < 4.78 is 0. The zero-order valence-electron chi connectivity index (χ0n) is 12.8. The van der Waals surface area contributed by atoms with Crippen LogP contribution in [0.15, 0.2) is 12.2 Å². The van der Waals surface area contributed by atoms with E-state index < -0.39 is 0 Å². The Morgan fingerprint density at radius 1 is 0.550 bits per heavy atom. The van der Waals surface area contributed by atoms with Crippen molar-refractivity contribution in [1.29, 1.82) is 0 Å². The maximum Gasteiger partial charge on any atom is -0.0194 e. The lowest BCUT2D eigenvalue weighted by Crippen LogP contribution is -2.34. The third-order valence-electron chi connectivity index (χ3n) is 8.08. The standard InChI is InChI=1S/C20H30/c1-2-4-6-13(7-5-3-1)17-11-16-12-18(17)20-15-9-8-14(10-15)19(16)20/h8-9,13-20H,1-7,10-12H2. The van der Waals surface area contributed by atoms with Crippen LogP contribution < -0.4 is 0 Å². The van der Waals surface area contributed by atoms with Crippen molar-refractivity contribution >= 4 is 0 Å². The lowest BCUT2D eigenvalue weighted by molar-refractivity contribution is 0.0967. The van der Waals surface area contributed by atoms with Crippen LogP contribution in [-0.2, 0) is 0 Å². The first-order valence-electron chi connectivity index (χ1n) is 9.60. The molecule has 0 aromatic heterocycles.